The largest absolute Gasteiger partial charge is 0.399 e. The van der Waals surface area contributed by atoms with Crippen LogP contribution in [0.4, 0.5) is 11.4 Å². The molecule has 0 aromatic heterocycles. The number of rotatable bonds is 1. The van der Waals surface area contributed by atoms with Gasteiger partial charge in [0.1, 0.15) is 0 Å². The first kappa shape index (κ1) is 11.0. The van der Waals surface area contributed by atoms with E-state index in [4.69, 9.17) is 10.7 Å². The predicted molar refractivity (Wildman–Crippen MR) is 76.7 cm³/mol. The van der Waals surface area contributed by atoms with Crippen molar-refractivity contribution in [2.75, 3.05) is 5.73 Å². The normalized spacial score (nSPS) is 13.3. The lowest BCUT2D eigenvalue weighted by molar-refractivity contribution is 1.29. The molecule has 3 rings (SSSR count). The number of anilines is 1. The molecule has 0 fully saturated rings. The molecule has 2 nitrogen and oxygen atoms in total. The molecule has 0 bridgehead atoms. The lowest BCUT2D eigenvalue weighted by Crippen LogP contribution is -2.04. The van der Waals surface area contributed by atoms with E-state index in [0.29, 0.717) is 0 Å². The molecule has 90 valence electrons. The number of hydrogen-bond donors (Lipinski definition) is 1. The maximum atomic E-state index is 5.79. The highest BCUT2D eigenvalue weighted by atomic mass is 14.8. The molecule has 2 aromatic rings. The van der Waals surface area contributed by atoms with Gasteiger partial charge in [0, 0.05) is 12.1 Å². The molecule has 0 saturated carbocycles. The summed E-state index contributed by atoms with van der Waals surface area (Å²) < 4.78 is 0. The molecule has 0 aliphatic carbocycles. The van der Waals surface area contributed by atoms with Gasteiger partial charge in [-0.3, -0.25) is 4.99 Å². The smallest absolute Gasteiger partial charge is 0.0671 e. The van der Waals surface area contributed by atoms with E-state index < -0.39 is 0 Å². The Morgan fingerprint density at radius 1 is 1.06 bits per heavy atom. The summed E-state index contributed by atoms with van der Waals surface area (Å²) in [6.45, 7) is 4.23. The molecule has 0 spiro atoms. The third-order valence-corrected chi connectivity index (χ3v) is 3.55. The van der Waals surface area contributed by atoms with Gasteiger partial charge in [0.2, 0.25) is 0 Å². The fourth-order valence-corrected chi connectivity index (χ4v) is 2.54. The molecule has 1 heterocycles. The molecule has 0 unspecified atom stereocenters. The Morgan fingerprint density at radius 2 is 1.89 bits per heavy atom. The number of nitrogen functional groups attached to an aromatic ring is 1. The molecule has 1 aliphatic rings. The molecule has 0 amide bonds. The van der Waals surface area contributed by atoms with Crippen molar-refractivity contribution >= 4 is 17.1 Å². The summed E-state index contributed by atoms with van der Waals surface area (Å²) >= 11 is 0. The van der Waals surface area contributed by atoms with E-state index in [0.717, 1.165) is 23.5 Å². The number of benzene rings is 2. The van der Waals surface area contributed by atoms with Gasteiger partial charge in [-0.05, 0) is 54.3 Å². The van der Waals surface area contributed by atoms with Gasteiger partial charge in [-0.25, -0.2) is 0 Å². The van der Waals surface area contributed by atoms with E-state index in [1.165, 1.54) is 22.3 Å². The highest BCUT2D eigenvalue weighted by molar-refractivity contribution is 6.07. The van der Waals surface area contributed by atoms with Crippen LogP contribution in [-0.2, 0) is 6.42 Å². The van der Waals surface area contributed by atoms with Gasteiger partial charge in [0.25, 0.3) is 0 Å². The van der Waals surface area contributed by atoms with Crippen LogP contribution in [0, 0.1) is 13.8 Å². The Labute approximate surface area is 107 Å². The predicted octanol–water partition coefficient (Wildman–Crippen LogP) is 3.56. The quantitative estimate of drug-likeness (QED) is 0.755. The second kappa shape index (κ2) is 3.98. The van der Waals surface area contributed by atoms with E-state index in [2.05, 4.69) is 38.1 Å². The Kier molecular flexibility index (Phi) is 2.44. The van der Waals surface area contributed by atoms with Crippen molar-refractivity contribution in [2.24, 2.45) is 4.99 Å². The fraction of sp³-hybridized carbons (Fsp3) is 0.188. The van der Waals surface area contributed by atoms with E-state index in [1.54, 1.807) is 0 Å². The summed E-state index contributed by atoms with van der Waals surface area (Å²) in [5.74, 6) is 0. The standard InChI is InChI=1S/C16H16N2/c1-10-4-3-5-15-14(10)9-16(18-15)13-7-6-12(17)8-11(13)2/h3-8H,9,17H2,1-2H3. The maximum absolute atomic E-state index is 5.79. The van der Waals surface area contributed by atoms with E-state index in [9.17, 15) is 0 Å². The molecule has 0 saturated heterocycles. The zero-order valence-electron chi connectivity index (χ0n) is 10.7. The first-order valence-corrected chi connectivity index (χ1v) is 6.18. The van der Waals surface area contributed by atoms with Crippen LogP contribution in [-0.4, -0.2) is 5.71 Å². The van der Waals surface area contributed by atoms with Gasteiger partial charge >= 0.3 is 0 Å². The summed E-state index contributed by atoms with van der Waals surface area (Å²) in [4.78, 5) is 4.75. The van der Waals surface area contributed by atoms with Crippen molar-refractivity contribution in [1.29, 1.82) is 0 Å². The second-order valence-electron chi connectivity index (χ2n) is 4.88. The average Bonchev–Trinajstić information content (AvgIpc) is 2.74. The van der Waals surface area contributed by atoms with Crippen LogP contribution in [0.15, 0.2) is 41.4 Å². The first-order chi connectivity index (χ1) is 8.65. The van der Waals surface area contributed by atoms with E-state index >= 15 is 0 Å². The van der Waals surface area contributed by atoms with Crippen molar-refractivity contribution < 1.29 is 0 Å². The van der Waals surface area contributed by atoms with Crippen molar-refractivity contribution in [1.82, 2.24) is 0 Å². The molecule has 18 heavy (non-hydrogen) atoms. The topological polar surface area (TPSA) is 38.4 Å². The highest BCUT2D eigenvalue weighted by Crippen LogP contribution is 2.32. The minimum atomic E-state index is 0.809. The Hall–Kier alpha value is -2.09. The number of hydrogen-bond acceptors (Lipinski definition) is 2. The monoisotopic (exact) mass is 236 g/mol. The summed E-state index contributed by atoms with van der Waals surface area (Å²) in [7, 11) is 0. The third kappa shape index (κ3) is 1.70. The molecule has 2 N–H and O–H groups in total. The summed E-state index contributed by atoms with van der Waals surface area (Å²) in [6.07, 6.45) is 0.923. The minimum absolute atomic E-state index is 0.809. The van der Waals surface area contributed by atoms with Crippen molar-refractivity contribution in [2.45, 2.75) is 20.3 Å². The van der Waals surface area contributed by atoms with Crippen LogP contribution in [0.1, 0.15) is 22.3 Å². The van der Waals surface area contributed by atoms with Crippen molar-refractivity contribution in [3.63, 3.8) is 0 Å². The lowest BCUT2D eigenvalue weighted by atomic mass is 9.98. The lowest BCUT2D eigenvalue weighted by Gasteiger charge is -2.06. The molecule has 1 aliphatic heterocycles. The average molecular weight is 236 g/mol. The summed E-state index contributed by atoms with van der Waals surface area (Å²) in [5, 5.41) is 0. The Morgan fingerprint density at radius 3 is 2.61 bits per heavy atom. The number of nitrogens with two attached hydrogens (primary N) is 1. The molecule has 0 atom stereocenters. The summed E-state index contributed by atoms with van der Waals surface area (Å²) in [5.41, 5.74) is 13.9. The molecule has 2 heteroatoms. The van der Waals surface area contributed by atoms with Gasteiger partial charge in [-0.15, -0.1) is 0 Å². The maximum Gasteiger partial charge on any atom is 0.0671 e. The third-order valence-electron chi connectivity index (χ3n) is 3.55. The Balaban J connectivity index is 2.05. The number of nitrogens with zero attached hydrogens (tertiary/aromatic N) is 1. The number of fused-ring (bicyclic) bond motifs is 1. The van der Waals surface area contributed by atoms with Gasteiger partial charge in [-0.2, -0.15) is 0 Å². The van der Waals surface area contributed by atoms with Gasteiger partial charge in [-0.1, -0.05) is 18.2 Å². The van der Waals surface area contributed by atoms with Crippen LogP contribution < -0.4 is 5.73 Å². The van der Waals surface area contributed by atoms with Crippen molar-refractivity contribution in [3.8, 4) is 0 Å². The van der Waals surface area contributed by atoms with Crippen LogP contribution >= 0.6 is 0 Å². The van der Waals surface area contributed by atoms with Gasteiger partial charge in [0.05, 0.1) is 11.4 Å². The van der Waals surface area contributed by atoms with Crippen LogP contribution in [0.5, 0.6) is 0 Å². The highest BCUT2D eigenvalue weighted by Gasteiger charge is 2.18. The second-order valence-corrected chi connectivity index (χ2v) is 4.88. The molecular weight excluding hydrogens is 220 g/mol. The molecule has 2 aromatic carbocycles. The van der Waals surface area contributed by atoms with Crippen LogP contribution in [0.25, 0.3) is 0 Å². The zero-order chi connectivity index (χ0) is 12.7. The van der Waals surface area contributed by atoms with Crippen molar-refractivity contribution in [3.05, 3.63) is 58.7 Å². The first-order valence-electron chi connectivity index (χ1n) is 6.18. The van der Waals surface area contributed by atoms with E-state index in [1.807, 2.05) is 12.1 Å². The van der Waals surface area contributed by atoms with Crippen LogP contribution in [0.2, 0.25) is 0 Å². The minimum Gasteiger partial charge on any atom is -0.399 e. The van der Waals surface area contributed by atoms with Crippen LogP contribution in [0.3, 0.4) is 0 Å². The molecule has 0 radical (unpaired) electrons. The van der Waals surface area contributed by atoms with E-state index in [-0.39, 0.29) is 0 Å². The number of aliphatic imine (C=N–C) groups is 1. The van der Waals surface area contributed by atoms with Gasteiger partial charge in [0.15, 0.2) is 0 Å². The molecular formula is C16H16N2. The summed E-state index contributed by atoms with van der Waals surface area (Å²) in [6, 6.07) is 12.3. The number of aryl methyl sites for hydroxylation is 2. The Bertz CT molecular complexity index is 654. The SMILES string of the molecule is Cc1cc(N)ccc1C1=Nc2cccc(C)c2C1. The zero-order valence-corrected chi connectivity index (χ0v) is 10.7. The fourth-order valence-electron chi connectivity index (χ4n) is 2.54. The van der Waals surface area contributed by atoms with Gasteiger partial charge < -0.3 is 5.73 Å².